The van der Waals surface area contributed by atoms with Crippen molar-refractivity contribution < 1.29 is 9.13 Å². The lowest BCUT2D eigenvalue weighted by Crippen LogP contribution is -1.96. The minimum atomic E-state index is -0.320. The van der Waals surface area contributed by atoms with Gasteiger partial charge in [0.2, 0.25) is 0 Å². The molecule has 0 aromatic heterocycles. The van der Waals surface area contributed by atoms with Gasteiger partial charge in [0.25, 0.3) is 0 Å². The van der Waals surface area contributed by atoms with Crippen molar-refractivity contribution in [3.8, 4) is 18.1 Å². The Morgan fingerprint density at radius 2 is 2.29 bits per heavy atom. The van der Waals surface area contributed by atoms with Crippen molar-refractivity contribution in [3.05, 3.63) is 28.5 Å². The molecule has 0 amide bonds. The van der Waals surface area contributed by atoms with Crippen LogP contribution in [0.25, 0.3) is 0 Å². The van der Waals surface area contributed by atoms with Crippen LogP contribution >= 0.6 is 15.9 Å². The van der Waals surface area contributed by atoms with E-state index in [4.69, 9.17) is 11.2 Å². The lowest BCUT2D eigenvalue weighted by atomic mass is 10.3. The number of halogens is 2. The number of hydrogen-bond acceptors (Lipinski definition) is 1. The maximum Gasteiger partial charge on any atom is 0.141 e. The average molecular weight is 257 g/mol. The summed E-state index contributed by atoms with van der Waals surface area (Å²) in [6, 6.07) is 4.68. The lowest BCUT2D eigenvalue weighted by molar-refractivity contribution is 0.311. The molecule has 0 atom stereocenters. The van der Waals surface area contributed by atoms with Gasteiger partial charge in [-0.25, -0.2) is 4.39 Å². The fourth-order valence-electron chi connectivity index (χ4n) is 0.931. The zero-order valence-corrected chi connectivity index (χ0v) is 9.18. The van der Waals surface area contributed by atoms with Crippen molar-refractivity contribution in [2.45, 2.75) is 12.8 Å². The predicted molar refractivity (Wildman–Crippen MR) is 57.7 cm³/mol. The van der Waals surface area contributed by atoms with Gasteiger partial charge in [0.05, 0.1) is 11.1 Å². The number of rotatable bonds is 4. The van der Waals surface area contributed by atoms with Gasteiger partial charge in [-0.1, -0.05) is 0 Å². The summed E-state index contributed by atoms with van der Waals surface area (Å²) in [6.07, 6.45) is 6.55. The van der Waals surface area contributed by atoms with Crippen molar-refractivity contribution in [2.75, 3.05) is 6.61 Å². The first-order valence-corrected chi connectivity index (χ1v) is 5.04. The maximum absolute atomic E-state index is 13.0. The highest BCUT2D eigenvalue weighted by Gasteiger charge is 2.00. The fourth-order valence-corrected chi connectivity index (χ4v) is 1.18. The third-order valence-electron chi connectivity index (χ3n) is 1.63. The van der Waals surface area contributed by atoms with E-state index in [-0.39, 0.29) is 5.82 Å². The van der Waals surface area contributed by atoms with Gasteiger partial charge in [-0.05, 0) is 34.5 Å². The van der Waals surface area contributed by atoms with Crippen LogP contribution in [0.15, 0.2) is 22.7 Å². The van der Waals surface area contributed by atoms with Gasteiger partial charge in [0.1, 0.15) is 11.6 Å². The summed E-state index contributed by atoms with van der Waals surface area (Å²) in [7, 11) is 0. The largest absolute Gasteiger partial charge is 0.493 e. The summed E-state index contributed by atoms with van der Waals surface area (Å²) < 4.78 is 18.7. The van der Waals surface area contributed by atoms with E-state index >= 15 is 0 Å². The molecule has 0 N–H and O–H groups in total. The Hall–Kier alpha value is -1.01. The Morgan fingerprint density at radius 3 is 2.93 bits per heavy atom. The molecular weight excluding hydrogens is 247 g/mol. The Bertz CT molecular complexity index is 344. The van der Waals surface area contributed by atoms with Crippen molar-refractivity contribution in [2.24, 2.45) is 0 Å². The van der Waals surface area contributed by atoms with E-state index in [2.05, 4.69) is 21.9 Å². The molecule has 0 saturated heterocycles. The molecule has 14 heavy (non-hydrogen) atoms. The van der Waals surface area contributed by atoms with E-state index in [1.165, 1.54) is 6.07 Å². The van der Waals surface area contributed by atoms with Crippen LogP contribution < -0.4 is 4.74 Å². The second-order valence-corrected chi connectivity index (χ2v) is 3.59. The molecule has 1 rings (SSSR count). The van der Waals surface area contributed by atoms with Crippen LogP contribution in [-0.2, 0) is 0 Å². The van der Waals surface area contributed by atoms with Crippen LogP contribution in [-0.4, -0.2) is 6.61 Å². The fraction of sp³-hybridized carbons (Fsp3) is 0.273. The number of terminal acetylenes is 1. The highest BCUT2D eigenvalue weighted by molar-refractivity contribution is 9.10. The monoisotopic (exact) mass is 256 g/mol. The lowest BCUT2D eigenvalue weighted by Gasteiger charge is -2.05. The minimum absolute atomic E-state index is 0.320. The Morgan fingerprint density at radius 1 is 1.50 bits per heavy atom. The molecule has 1 aromatic rings. The van der Waals surface area contributed by atoms with Crippen molar-refractivity contribution in [1.29, 1.82) is 0 Å². The van der Waals surface area contributed by atoms with Gasteiger partial charge >= 0.3 is 0 Å². The third kappa shape index (κ3) is 3.39. The molecule has 0 saturated carbocycles. The SMILES string of the molecule is C#CCCCOc1ccc(Br)c(F)c1. The van der Waals surface area contributed by atoms with Crippen LogP contribution in [0.2, 0.25) is 0 Å². The molecule has 0 aliphatic carbocycles. The molecule has 0 unspecified atom stereocenters. The van der Waals surface area contributed by atoms with Crippen LogP contribution in [0.1, 0.15) is 12.8 Å². The molecule has 1 aromatic carbocycles. The number of unbranched alkanes of at least 4 members (excludes halogenated alkanes) is 1. The van der Waals surface area contributed by atoms with Crippen molar-refractivity contribution in [1.82, 2.24) is 0 Å². The molecule has 0 aliphatic rings. The first kappa shape index (κ1) is 11.1. The summed E-state index contributed by atoms with van der Waals surface area (Å²) in [6.45, 7) is 0.519. The van der Waals surface area contributed by atoms with Crippen LogP contribution in [0, 0.1) is 18.2 Å². The number of hydrogen-bond donors (Lipinski definition) is 0. The van der Waals surface area contributed by atoms with E-state index in [0.717, 1.165) is 6.42 Å². The molecule has 0 aliphatic heterocycles. The molecule has 1 nitrogen and oxygen atoms in total. The van der Waals surface area contributed by atoms with E-state index in [9.17, 15) is 4.39 Å². The standard InChI is InChI=1S/C11H10BrFO/c1-2-3-4-7-14-9-5-6-10(12)11(13)8-9/h1,5-6,8H,3-4,7H2. The quantitative estimate of drug-likeness (QED) is 0.593. The summed E-state index contributed by atoms with van der Waals surface area (Å²) in [5, 5.41) is 0. The summed E-state index contributed by atoms with van der Waals surface area (Å²) >= 11 is 3.07. The van der Waals surface area contributed by atoms with E-state index in [1.54, 1.807) is 12.1 Å². The van der Waals surface area contributed by atoms with E-state index in [0.29, 0.717) is 23.2 Å². The van der Waals surface area contributed by atoms with Crippen LogP contribution in [0.4, 0.5) is 4.39 Å². The topological polar surface area (TPSA) is 9.23 Å². The highest BCUT2D eigenvalue weighted by atomic mass is 79.9. The average Bonchev–Trinajstić information content (AvgIpc) is 2.18. The first-order chi connectivity index (χ1) is 6.74. The van der Waals surface area contributed by atoms with Crippen molar-refractivity contribution in [3.63, 3.8) is 0 Å². The minimum Gasteiger partial charge on any atom is -0.493 e. The Labute approximate surface area is 91.4 Å². The van der Waals surface area contributed by atoms with Gasteiger partial charge in [-0.2, -0.15) is 0 Å². The molecule has 0 spiro atoms. The van der Waals surface area contributed by atoms with Gasteiger partial charge in [-0.15, -0.1) is 12.3 Å². The molecule has 0 fully saturated rings. The Kier molecular flexibility index (Phi) is 4.48. The van der Waals surface area contributed by atoms with Crippen LogP contribution in [0.3, 0.4) is 0 Å². The van der Waals surface area contributed by atoms with Gasteiger partial charge in [0.15, 0.2) is 0 Å². The van der Waals surface area contributed by atoms with Gasteiger partial charge in [0, 0.05) is 12.5 Å². The molecule has 0 bridgehead atoms. The zero-order valence-electron chi connectivity index (χ0n) is 7.59. The van der Waals surface area contributed by atoms with Gasteiger partial charge in [-0.3, -0.25) is 0 Å². The summed E-state index contributed by atoms with van der Waals surface area (Å²) in [4.78, 5) is 0. The number of ether oxygens (including phenoxy) is 1. The number of benzene rings is 1. The Balaban J connectivity index is 2.44. The maximum atomic E-state index is 13.0. The second kappa shape index (κ2) is 5.66. The second-order valence-electron chi connectivity index (χ2n) is 2.73. The smallest absolute Gasteiger partial charge is 0.141 e. The molecule has 74 valence electrons. The highest BCUT2D eigenvalue weighted by Crippen LogP contribution is 2.20. The predicted octanol–water partition coefficient (Wildman–Crippen LogP) is 3.38. The van der Waals surface area contributed by atoms with E-state index in [1.807, 2.05) is 0 Å². The molecule has 0 heterocycles. The van der Waals surface area contributed by atoms with Crippen LogP contribution in [0.5, 0.6) is 5.75 Å². The first-order valence-electron chi connectivity index (χ1n) is 4.25. The van der Waals surface area contributed by atoms with Crippen molar-refractivity contribution >= 4 is 15.9 Å². The molecule has 3 heteroatoms. The summed E-state index contributed by atoms with van der Waals surface area (Å²) in [5.41, 5.74) is 0. The third-order valence-corrected chi connectivity index (χ3v) is 2.27. The molecule has 0 radical (unpaired) electrons. The zero-order chi connectivity index (χ0) is 10.4. The normalized spacial score (nSPS) is 9.50. The van der Waals surface area contributed by atoms with Gasteiger partial charge < -0.3 is 4.74 Å². The molecular formula is C11H10BrFO. The van der Waals surface area contributed by atoms with E-state index < -0.39 is 0 Å². The summed E-state index contributed by atoms with van der Waals surface area (Å²) in [5.74, 6) is 2.72.